The minimum Gasteiger partial charge on any atom is -0.352 e. The molecule has 0 bridgehead atoms. The van der Waals surface area contributed by atoms with E-state index in [0.29, 0.717) is 22.3 Å². The van der Waals surface area contributed by atoms with Gasteiger partial charge in [-0.1, -0.05) is 64.3 Å². The molecule has 2 amide bonds. The first-order valence-corrected chi connectivity index (χ1v) is 12.8. The molecule has 0 saturated heterocycles. The van der Waals surface area contributed by atoms with Gasteiger partial charge in [0, 0.05) is 32.9 Å². The molecule has 4 nitrogen and oxygen atoms in total. The Morgan fingerprint density at radius 1 is 1.13 bits per heavy atom. The highest BCUT2D eigenvalue weighted by molar-refractivity contribution is 9.10. The maximum Gasteiger partial charge on any atom is 0.242 e. The second-order valence-electron chi connectivity index (χ2n) is 7.34. The van der Waals surface area contributed by atoms with Crippen LogP contribution in [0.3, 0.4) is 0 Å². The van der Waals surface area contributed by atoms with Gasteiger partial charge in [0.25, 0.3) is 0 Å². The molecule has 2 aromatic rings. The van der Waals surface area contributed by atoms with Crippen LogP contribution >= 0.6 is 50.9 Å². The van der Waals surface area contributed by atoms with E-state index >= 15 is 0 Å². The van der Waals surface area contributed by atoms with Gasteiger partial charge < -0.3 is 10.2 Å². The van der Waals surface area contributed by atoms with Gasteiger partial charge in [0.15, 0.2) is 0 Å². The van der Waals surface area contributed by atoms with Gasteiger partial charge in [-0.2, -0.15) is 0 Å². The predicted molar refractivity (Wildman–Crippen MR) is 135 cm³/mol. The summed E-state index contributed by atoms with van der Waals surface area (Å²) in [5.41, 5.74) is 1.76. The Labute approximate surface area is 207 Å². The van der Waals surface area contributed by atoms with Crippen LogP contribution in [0.4, 0.5) is 0 Å². The SMILES string of the molecule is CC[C@H](C)NC(=O)[C@H](C)N(Cc1cccc(Br)c1)C(=O)CSCc1c(Cl)cccc1Cl. The van der Waals surface area contributed by atoms with Crippen molar-refractivity contribution in [2.24, 2.45) is 0 Å². The molecule has 0 radical (unpaired) electrons. The van der Waals surface area contributed by atoms with Crippen molar-refractivity contribution >= 4 is 62.7 Å². The van der Waals surface area contributed by atoms with E-state index in [9.17, 15) is 9.59 Å². The molecule has 0 fully saturated rings. The van der Waals surface area contributed by atoms with Crippen LogP contribution in [0.5, 0.6) is 0 Å². The Kier molecular flexibility index (Phi) is 10.7. The summed E-state index contributed by atoms with van der Waals surface area (Å²) >= 11 is 17.4. The lowest BCUT2D eigenvalue weighted by Gasteiger charge is -2.29. The monoisotopic (exact) mass is 544 g/mol. The minimum absolute atomic E-state index is 0.0505. The number of nitrogens with one attached hydrogen (secondary N) is 1. The third-order valence-corrected chi connectivity index (χ3v) is 7.09. The summed E-state index contributed by atoms with van der Waals surface area (Å²) in [5, 5.41) is 4.14. The van der Waals surface area contributed by atoms with Crippen molar-refractivity contribution in [2.75, 3.05) is 5.75 Å². The molecule has 0 aliphatic carbocycles. The number of rotatable bonds is 10. The Morgan fingerprint density at radius 3 is 2.39 bits per heavy atom. The van der Waals surface area contributed by atoms with Crippen LogP contribution in [0, 0.1) is 0 Å². The molecular weight excluding hydrogens is 519 g/mol. The summed E-state index contributed by atoms with van der Waals surface area (Å²) in [6.07, 6.45) is 0.826. The zero-order valence-corrected chi connectivity index (χ0v) is 21.7. The smallest absolute Gasteiger partial charge is 0.242 e. The number of thioether (sulfide) groups is 1. The largest absolute Gasteiger partial charge is 0.352 e. The number of hydrogen-bond donors (Lipinski definition) is 1. The summed E-state index contributed by atoms with van der Waals surface area (Å²) in [6.45, 7) is 6.08. The first-order valence-electron chi connectivity index (χ1n) is 10.1. The van der Waals surface area contributed by atoms with E-state index in [4.69, 9.17) is 23.2 Å². The van der Waals surface area contributed by atoms with E-state index in [2.05, 4.69) is 21.2 Å². The number of benzene rings is 2. The van der Waals surface area contributed by atoms with Gasteiger partial charge in [-0.3, -0.25) is 9.59 Å². The van der Waals surface area contributed by atoms with E-state index < -0.39 is 6.04 Å². The number of hydrogen-bond acceptors (Lipinski definition) is 3. The highest BCUT2D eigenvalue weighted by Crippen LogP contribution is 2.28. The quantitative estimate of drug-likeness (QED) is 0.380. The molecule has 31 heavy (non-hydrogen) atoms. The maximum atomic E-state index is 13.1. The van der Waals surface area contributed by atoms with Crippen molar-refractivity contribution in [1.82, 2.24) is 10.2 Å². The van der Waals surface area contributed by atoms with Crippen LogP contribution in [0.15, 0.2) is 46.9 Å². The first-order chi connectivity index (χ1) is 14.7. The van der Waals surface area contributed by atoms with Crippen LogP contribution < -0.4 is 5.32 Å². The second-order valence-corrected chi connectivity index (χ2v) is 10.1. The lowest BCUT2D eigenvalue weighted by atomic mass is 10.1. The van der Waals surface area contributed by atoms with Crippen molar-refractivity contribution < 1.29 is 9.59 Å². The molecule has 2 atom stereocenters. The van der Waals surface area contributed by atoms with Gasteiger partial charge >= 0.3 is 0 Å². The second kappa shape index (κ2) is 12.7. The molecule has 0 aromatic heterocycles. The van der Waals surface area contributed by atoms with Gasteiger partial charge in [-0.25, -0.2) is 0 Å². The van der Waals surface area contributed by atoms with Crippen molar-refractivity contribution in [3.05, 3.63) is 68.1 Å². The number of carbonyl (C=O) groups excluding carboxylic acids is 2. The molecule has 0 aliphatic heterocycles. The molecule has 0 saturated carbocycles. The Balaban J connectivity index is 2.12. The van der Waals surface area contributed by atoms with Crippen LogP contribution in [0.1, 0.15) is 38.3 Å². The fraction of sp³-hybridized carbons (Fsp3) is 0.391. The number of amides is 2. The number of nitrogens with zero attached hydrogens (tertiary/aromatic N) is 1. The van der Waals surface area contributed by atoms with Crippen molar-refractivity contribution in [3.8, 4) is 0 Å². The Morgan fingerprint density at radius 2 is 1.77 bits per heavy atom. The van der Waals surface area contributed by atoms with Crippen LogP contribution in [0.2, 0.25) is 10.0 Å². The van der Waals surface area contributed by atoms with Gasteiger partial charge in [-0.05, 0) is 55.7 Å². The summed E-state index contributed by atoms with van der Waals surface area (Å²) in [4.78, 5) is 27.5. The predicted octanol–water partition coefficient (Wildman–Crippen LogP) is 6.32. The lowest BCUT2D eigenvalue weighted by Crippen LogP contribution is -2.50. The topological polar surface area (TPSA) is 49.4 Å². The van der Waals surface area contributed by atoms with Crippen LogP contribution in [0.25, 0.3) is 0 Å². The van der Waals surface area contributed by atoms with Gasteiger partial charge in [0.2, 0.25) is 11.8 Å². The van der Waals surface area contributed by atoms with Crippen molar-refractivity contribution in [1.29, 1.82) is 0 Å². The zero-order valence-electron chi connectivity index (χ0n) is 17.8. The highest BCUT2D eigenvalue weighted by atomic mass is 79.9. The minimum atomic E-state index is -0.593. The summed E-state index contributed by atoms with van der Waals surface area (Å²) in [7, 11) is 0. The Bertz CT molecular complexity index is 893. The van der Waals surface area contributed by atoms with Gasteiger partial charge in [-0.15, -0.1) is 11.8 Å². The highest BCUT2D eigenvalue weighted by Gasteiger charge is 2.26. The van der Waals surface area contributed by atoms with E-state index in [1.54, 1.807) is 30.0 Å². The summed E-state index contributed by atoms with van der Waals surface area (Å²) < 4.78 is 0.928. The van der Waals surface area contributed by atoms with E-state index in [-0.39, 0.29) is 23.6 Å². The molecule has 0 spiro atoms. The lowest BCUT2D eigenvalue weighted by molar-refractivity contribution is -0.138. The van der Waals surface area contributed by atoms with Crippen LogP contribution in [-0.2, 0) is 21.9 Å². The standard InChI is InChI=1S/C23H27BrCl2N2O2S/c1-4-15(2)27-23(30)16(3)28(12-17-7-5-8-18(24)11-17)22(29)14-31-13-19-20(25)9-6-10-21(19)26/h5-11,15-16H,4,12-14H2,1-3H3,(H,27,30)/t15-,16-/m0/s1. The van der Waals surface area contributed by atoms with Crippen molar-refractivity contribution in [2.45, 2.75) is 51.6 Å². The number of carbonyl (C=O) groups is 2. The van der Waals surface area contributed by atoms with Crippen molar-refractivity contribution in [3.63, 3.8) is 0 Å². The number of halogens is 3. The molecular formula is C23H27BrCl2N2O2S. The third kappa shape index (κ3) is 8.01. The molecule has 168 valence electrons. The van der Waals surface area contributed by atoms with Gasteiger partial charge in [0.05, 0.1) is 5.75 Å². The molecule has 0 heterocycles. The zero-order chi connectivity index (χ0) is 23.0. The molecule has 2 aromatic carbocycles. The third-order valence-electron chi connectivity index (χ3n) is 4.94. The first kappa shape index (κ1) is 26.0. The molecule has 0 aliphatic rings. The van der Waals surface area contributed by atoms with Gasteiger partial charge in [0.1, 0.15) is 6.04 Å². The molecule has 0 unspecified atom stereocenters. The Hall–Kier alpha value is -1.21. The fourth-order valence-corrected chi connectivity index (χ4v) is 4.97. The molecule has 8 heteroatoms. The molecule has 1 N–H and O–H groups in total. The summed E-state index contributed by atoms with van der Waals surface area (Å²) in [5.74, 6) is 0.468. The summed E-state index contributed by atoms with van der Waals surface area (Å²) in [6, 6.07) is 12.6. The average Bonchev–Trinajstić information content (AvgIpc) is 2.73. The average molecular weight is 546 g/mol. The van der Waals surface area contributed by atoms with E-state index in [1.165, 1.54) is 11.8 Å². The van der Waals surface area contributed by atoms with Crippen LogP contribution in [-0.4, -0.2) is 34.6 Å². The normalized spacial score (nSPS) is 12.8. The maximum absolute atomic E-state index is 13.1. The van der Waals surface area contributed by atoms with E-state index in [1.807, 2.05) is 38.1 Å². The van der Waals surface area contributed by atoms with E-state index in [0.717, 1.165) is 22.0 Å². The molecule has 2 rings (SSSR count). The fourth-order valence-electron chi connectivity index (χ4n) is 2.87.